The molecule has 414 valence electrons. The molecule has 3 atom stereocenters. The molecule has 0 aliphatic heterocycles. The first-order chi connectivity index (χ1) is 34.0. The van der Waals surface area contributed by atoms with Gasteiger partial charge in [-0.25, -0.2) is 4.57 Å². The van der Waals surface area contributed by atoms with Gasteiger partial charge in [0.2, 0.25) is 5.91 Å². The summed E-state index contributed by atoms with van der Waals surface area (Å²) in [4.78, 5) is 23.3. The highest BCUT2D eigenvalue weighted by molar-refractivity contribution is 7.47. The topological polar surface area (TPSA) is 105 Å². The Morgan fingerprint density at radius 3 is 1.17 bits per heavy atom. The average Bonchev–Trinajstić information content (AvgIpc) is 3.32. The molecule has 0 aromatic heterocycles. The van der Waals surface area contributed by atoms with Gasteiger partial charge in [0.15, 0.2) is 0 Å². The maximum atomic E-state index is 13.0. The first-order valence-corrected chi connectivity index (χ1v) is 31.9. The third kappa shape index (κ3) is 54.5. The number of unbranched alkanes of at least 4 members (excludes halogenated alkanes) is 39. The summed E-state index contributed by atoms with van der Waals surface area (Å²) < 4.78 is 23.8. The van der Waals surface area contributed by atoms with Crippen LogP contribution in [0.15, 0.2) is 36.5 Å². The molecule has 0 fully saturated rings. The Labute approximate surface area is 436 Å². The van der Waals surface area contributed by atoms with Crippen molar-refractivity contribution < 1.29 is 32.9 Å². The molecule has 0 radical (unpaired) electrons. The van der Waals surface area contributed by atoms with E-state index in [0.29, 0.717) is 17.4 Å². The highest BCUT2D eigenvalue weighted by atomic mass is 31.2. The van der Waals surface area contributed by atoms with Crippen LogP contribution in [-0.4, -0.2) is 73.4 Å². The summed E-state index contributed by atoms with van der Waals surface area (Å²) in [7, 11) is 1.58. The van der Waals surface area contributed by atoms with E-state index in [1.807, 2.05) is 27.2 Å². The Hall–Kier alpha value is -1.28. The number of hydrogen-bond acceptors (Lipinski definition) is 5. The van der Waals surface area contributed by atoms with E-state index in [-0.39, 0.29) is 19.1 Å². The Morgan fingerprint density at radius 2 is 0.814 bits per heavy atom. The van der Waals surface area contributed by atoms with E-state index in [1.165, 1.54) is 231 Å². The van der Waals surface area contributed by atoms with Crippen molar-refractivity contribution in [2.24, 2.45) is 0 Å². The molecule has 0 aliphatic carbocycles. The van der Waals surface area contributed by atoms with Crippen molar-refractivity contribution in [1.82, 2.24) is 5.32 Å². The Bertz CT molecular complexity index is 1230. The minimum Gasteiger partial charge on any atom is -0.387 e. The van der Waals surface area contributed by atoms with Crippen LogP contribution in [0.4, 0.5) is 0 Å². The van der Waals surface area contributed by atoms with Crippen molar-refractivity contribution in [2.45, 2.75) is 309 Å². The van der Waals surface area contributed by atoms with Crippen LogP contribution in [0.2, 0.25) is 0 Å². The lowest BCUT2D eigenvalue weighted by Gasteiger charge is -2.25. The number of rotatable bonds is 56. The van der Waals surface area contributed by atoms with Crippen molar-refractivity contribution in [2.75, 3.05) is 40.9 Å². The molecule has 0 aromatic carbocycles. The highest BCUT2D eigenvalue weighted by Crippen LogP contribution is 2.43. The summed E-state index contributed by atoms with van der Waals surface area (Å²) in [5.74, 6) is -0.176. The Morgan fingerprint density at radius 1 is 0.486 bits per heavy atom. The number of quaternary nitrogens is 1. The number of aliphatic hydroxyl groups excluding tert-OH is 1. The second-order valence-electron chi connectivity index (χ2n) is 22.1. The summed E-state index contributed by atoms with van der Waals surface area (Å²) in [6, 6.07) is -0.848. The van der Waals surface area contributed by atoms with Gasteiger partial charge in [0, 0.05) is 6.42 Å². The molecule has 3 unspecified atom stereocenters. The smallest absolute Gasteiger partial charge is 0.387 e. The first-order valence-electron chi connectivity index (χ1n) is 30.4. The van der Waals surface area contributed by atoms with E-state index in [9.17, 15) is 19.4 Å². The van der Waals surface area contributed by atoms with Gasteiger partial charge in [-0.3, -0.25) is 13.8 Å². The summed E-state index contributed by atoms with van der Waals surface area (Å²) in [5.41, 5.74) is 0. The van der Waals surface area contributed by atoms with Gasteiger partial charge in [-0.05, 0) is 51.4 Å². The molecule has 0 aromatic rings. The molecular formula is C61H120N2O6P+. The Balaban J connectivity index is 4.18. The van der Waals surface area contributed by atoms with E-state index < -0.39 is 20.0 Å². The fourth-order valence-electron chi connectivity index (χ4n) is 9.08. The van der Waals surface area contributed by atoms with Crippen molar-refractivity contribution in [3.05, 3.63) is 36.5 Å². The first kappa shape index (κ1) is 68.7. The van der Waals surface area contributed by atoms with Crippen LogP contribution in [0, 0.1) is 0 Å². The third-order valence-electron chi connectivity index (χ3n) is 13.9. The van der Waals surface area contributed by atoms with Crippen LogP contribution < -0.4 is 5.32 Å². The molecule has 8 nitrogen and oxygen atoms in total. The predicted molar refractivity (Wildman–Crippen MR) is 304 cm³/mol. The van der Waals surface area contributed by atoms with Crippen molar-refractivity contribution in [3.8, 4) is 0 Å². The second kappa shape index (κ2) is 52.6. The zero-order valence-corrected chi connectivity index (χ0v) is 48.2. The lowest BCUT2D eigenvalue weighted by molar-refractivity contribution is -0.870. The lowest BCUT2D eigenvalue weighted by atomic mass is 10.0. The largest absolute Gasteiger partial charge is 0.472 e. The van der Waals surface area contributed by atoms with Crippen LogP contribution in [0.5, 0.6) is 0 Å². The zero-order chi connectivity index (χ0) is 51.3. The maximum absolute atomic E-state index is 13.0. The van der Waals surface area contributed by atoms with Gasteiger partial charge in [0.05, 0.1) is 39.9 Å². The van der Waals surface area contributed by atoms with Gasteiger partial charge in [-0.15, -0.1) is 0 Å². The minimum absolute atomic E-state index is 0.0618. The van der Waals surface area contributed by atoms with Crippen molar-refractivity contribution >= 4 is 13.7 Å². The standard InChI is InChI=1S/C61H119N2O6P/c1-6-8-10-12-14-16-18-20-22-24-26-28-30-31-33-34-36-38-40-42-44-46-48-50-52-54-60(64)59(58-69-70(66,67)68-57-56-63(3,4)5)62-61(65)55-53-51-49-47-45-43-41-39-37-35-32-29-27-25-23-21-19-17-15-13-11-9-7-2/h19,21,25,27,52,54,59-60,64H,6-18,20,22-24,26,28-51,53,55-58H2,1-5H3,(H-,62,65,66,67)/p+1/b21-19-,27-25-,54-52+. The Kier molecular flexibility index (Phi) is 51.6. The molecule has 0 aliphatic rings. The normalized spacial score (nSPS) is 14.1. The molecule has 0 heterocycles. The summed E-state index contributed by atoms with van der Waals surface area (Å²) in [6.07, 6.45) is 68.2. The van der Waals surface area contributed by atoms with E-state index in [1.54, 1.807) is 6.08 Å². The number of carbonyl (C=O) groups excluding carboxylic acids is 1. The quantitative estimate of drug-likeness (QED) is 0.0243. The van der Waals surface area contributed by atoms with Gasteiger partial charge in [-0.1, -0.05) is 275 Å². The molecule has 70 heavy (non-hydrogen) atoms. The molecule has 0 spiro atoms. The number of allylic oxidation sites excluding steroid dienone is 5. The third-order valence-corrected chi connectivity index (χ3v) is 14.8. The molecule has 9 heteroatoms. The molecule has 1 amide bonds. The number of nitrogens with zero attached hydrogens (tertiary/aromatic N) is 1. The number of phosphoric acid groups is 1. The van der Waals surface area contributed by atoms with Gasteiger partial charge in [0.25, 0.3) is 0 Å². The molecule has 0 saturated heterocycles. The van der Waals surface area contributed by atoms with E-state index in [2.05, 4.69) is 43.5 Å². The minimum atomic E-state index is -4.35. The zero-order valence-electron chi connectivity index (χ0n) is 47.3. The SMILES string of the molecule is CCCCCCC/C=C\C/C=C\CCCCCCCCCCCCCC(=O)NC(COP(=O)(O)OCC[N+](C)(C)C)C(O)/C=C/CCCCCCCCCCCCCCCCCCCCCCCCC. The van der Waals surface area contributed by atoms with Crippen LogP contribution in [-0.2, 0) is 18.4 Å². The molecule has 3 N–H and O–H groups in total. The number of nitrogens with one attached hydrogen (secondary N) is 1. The summed E-state index contributed by atoms with van der Waals surface area (Å²) in [5, 5.41) is 14.0. The van der Waals surface area contributed by atoms with E-state index >= 15 is 0 Å². The summed E-state index contributed by atoms with van der Waals surface area (Å²) in [6.45, 7) is 4.84. The van der Waals surface area contributed by atoms with Crippen molar-refractivity contribution in [3.63, 3.8) is 0 Å². The molecule has 0 saturated carbocycles. The van der Waals surface area contributed by atoms with Crippen molar-refractivity contribution in [1.29, 1.82) is 0 Å². The number of hydrogen-bond donors (Lipinski definition) is 3. The van der Waals surface area contributed by atoms with Crippen LogP contribution in [0.3, 0.4) is 0 Å². The van der Waals surface area contributed by atoms with Gasteiger partial charge >= 0.3 is 7.82 Å². The van der Waals surface area contributed by atoms with E-state index in [0.717, 1.165) is 44.9 Å². The van der Waals surface area contributed by atoms with Gasteiger partial charge in [0.1, 0.15) is 13.2 Å². The van der Waals surface area contributed by atoms with Crippen LogP contribution in [0.1, 0.15) is 296 Å². The lowest BCUT2D eigenvalue weighted by Crippen LogP contribution is -2.45. The number of aliphatic hydroxyl groups is 1. The average molecular weight is 1010 g/mol. The maximum Gasteiger partial charge on any atom is 0.472 e. The van der Waals surface area contributed by atoms with Gasteiger partial charge in [-0.2, -0.15) is 0 Å². The predicted octanol–water partition coefficient (Wildman–Crippen LogP) is 18.5. The number of phosphoric ester groups is 1. The number of carbonyl (C=O) groups is 1. The number of amides is 1. The molecular weight excluding hydrogens is 888 g/mol. The fraction of sp³-hybridized carbons (Fsp3) is 0.885. The van der Waals surface area contributed by atoms with Crippen LogP contribution >= 0.6 is 7.82 Å². The van der Waals surface area contributed by atoms with Crippen LogP contribution in [0.25, 0.3) is 0 Å². The van der Waals surface area contributed by atoms with E-state index in [4.69, 9.17) is 9.05 Å². The highest BCUT2D eigenvalue weighted by Gasteiger charge is 2.27. The number of likely N-dealkylation sites (N-methyl/N-ethyl adjacent to an activating group) is 1. The fourth-order valence-corrected chi connectivity index (χ4v) is 9.81. The molecule has 0 bridgehead atoms. The monoisotopic (exact) mass is 1010 g/mol. The second-order valence-corrected chi connectivity index (χ2v) is 23.5. The molecule has 0 rings (SSSR count). The summed E-state index contributed by atoms with van der Waals surface area (Å²) >= 11 is 0. The van der Waals surface area contributed by atoms with Gasteiger partial charge < -0.3 is 19.8 Å².